The highest BCUT2D eigenvalue weighted by Crippen LogP contribution is 2.16. The lowest BCUT2D eigenvalue weighted by molar-refractivity contribution is 0.0898. The molecule has 3 amide bonds. The molecule has 0 bridgehead atoms. The zero-order chi connectivity index (χ0) is 16.8. The van der Waals surface area contributed by atoms with Gasteiger partial charge in [-0.15, -0.1) is 0 Å². The van der Waals surface area contributed by atoms with Crippen molar-refractivity contribution in [2.45, 2.75) is 39.3 Å². The van der Waals surface area contributed by atoms with Crippen LogP contribution >= 0.6 is 0 Å². The minimum atomic E-state index is -0.575. The largest absolute Gasteiger partial charge is 0.352 e. The molecule has 22 heavy (non-hydrogen) atoms. The third-order valence-corrected chi connectivity index (χ3v) is 3.41. The molecular formula is C16H26N4O2. The lowest BCUT2D eigenvalue weighted by Gasteiger charge is -2.31. The van der Waals surface area contributed by atoms with E-state index in [-0.39, 0.29) is 5.91 Å². The number of benzene rings is 1. The fourth-order valence-electron chi connectivity index (χ4n) is 2.40. The number of hydrogen-bond donors (Lipinski definition) is 4. The molecule has 0 heterocycles. The quantitative estimate of drug-likeness (QED) is 0.610. The summed E-state index contributed by atoms with van der Waals surface area (Å²) in [7, 11) is 0. The number of nitrogens with one attached hydrogen (secondary N) is 2. The number of urea groups is 1. The molecule has 0 spiro atoms. The van der Waals surface area contributed by atoms with Gasteiger partial charge in [0.25, 0.3) is 5.91 Å². The Hall–Kier alpha value is -2.08. The summed E-state index contributed by atoms with van der Waals surface area (Å²) in [5, 5.41) is 5.51. The third-order valence-electron chi connectivity index (χ3n) is 3.41. The fourth-order valence-corrected chi connectivity index (χ4v) is 2.40. The molecule has 0 saturated heterocycles. The van der Waals surface area contributed by atoms with Crippen LogP contribution in [0, 0.1) is 5.92 Å². The van der Waals surface area contributed by atoms with E-state index in [2.05, 4.69) is 24.5 Å². The summed E-state index contributed by atoms with van der Waals surface area (Å²) in [6.45, 7) is 6.87. The predicted molar refractivity (Wildman–Crippen MR) is 87.2 cm³/mol. The third kappa shape index (κ3) is 5.73. The first-order chi connectivity index (χ1) is 10.3. The van der Waals surface area contributed by atoms with E-state index in [1.807, 2.05) is 6.92 Å². The predicted octanol–water partition coefficient (Wildman–Crippen LogP) is 1.35. The topological polar surface area (TPSA) is 110 Å². The number of primary amides is 1. The van der Waals surface area contributed by atoms with Crippen LogP contribution in [-0.4, -0.2) is 24.0 Å². The van der Waals surface area contributed by atoms with Crippen molar-refractivity contribution in [2.24, 2.45) is 17.4 Å². The summed E-state index contributed by atoms with van der Waals surface area (Å²) in [4.78, 5) is 23.0. The van der Waals surface area contributed by atoms with Gasteiger partial charge in [-0.1, -0.05) is 26.0 Å². The molecule has 1 atom stereocenters. The molecule has 0 aromatic heterocycles. The lowest BCUT2D eigenvalue weighted by atomic mass is 9.90. The Morgan fingerprint density at radius 2 is 1.82 bits per heavy atom. The van der Waals surface area contributed by atoms with Crippen molar-refractivity contribution in [1.82, 2.24) is 10.6 Å². The van der Waals surface area contributed by atoms with Gasteiger partial charge in [-0.25, -0.2) is 4.79 Å². The molecular weight excluding hydrogens is 280 g/mol. The summed E-state index contributed by atoms with van der Waals surface area (Å²) in [5.41, 5.74) is 11.8. The normalized spacial score (nSPS) is 13.5. The lowest BCUT2D eigenvalue weighted by Crippen LogP contribution is -2.52. The van der Waals surface area contributed by atoms with E-state index in [0.717, 1.165) is 12.0 Å². The first-order valence-electron chi connectivity index (χ1n) is 7.40. The maximum atomic E-state index is 12.3. The summed E-state index contributed by atoms with van der Waals surface area (Å²) in [6.07, 6.45) is 0.815. The molecule has 1 rings (SSSR count). The maximum absolute atomic E-state index is 12.3. The highest BCUT2D eigenvalue weighted by atomic mass is 16.2. The second-order valence-electron chi connectivity index (χ2n) is 6.23. The van der Waals surface area contributed by atoms with E-state index in [1.165, 1.54) is 0 Å². The van der Waals surface area contributed by atoms with Crippen molar-refractivity contribution in [1.29, 1.82) is 0 Å². The average molecular weight is 306 g/mol. The summed E-state index contributed by atoms with van der Waals surface area (Å²) in [6, 6.07) is 6.44. The van der Waals surface area contributed by atoms with Gasteiger partial charge in [0.05, 0.1) is 0 Å². The molecule has 6 nitrogen and oxygen atoms in total. The Morgan fingerprint density at radius 1 is 1.23 bits per heavy atom. The number of nitrogens with two attached hydrogens (primary N) is 2. The highest BCUT2D eigenvalue weighted by molar-refractivity contribution is 5.94. The summed E-state index contributed by atoms with van der Waals surface area (Å²) >= 11 is 0. The zero-order valence-corrected chi connectivity index (χ0v) is 13.5. The Balaban J connectivity index is 2.70. The van der Waals surface area contributed by atoms with Crippen LogP contribution in [-0.2, 0) is 6.54 Å². The Kier molecular flexibility index (Phi) is 6.37. The summed E-state index contributed by atoms with van der Waals surface area (Å²) < 4.78 is 0. The van der Waals surface area contributed by atoms with E-state index in [4.69, 9.17) is 11.5 Å². The second-order valence-corrected chi connectivity index (χ2v) is 6.23. The van der Waals surface area contributed by atoms with Gasteiger partial charge in [0.1, 0.15) is 0 Å². The van der Waals surface area contributed by atoms with Crippen LogP contribution < -0.4 is 22.1 Å². The first kappa shape index (κ1) is 18.0. The standard InChI is InChI=1S/C16H26N4O2/c1-11(2)8-16(3,10-17)20-14(21)13-6-4-12(5-7-13)9-19-15(18)22/h4-7,11H,8-10,17H2,1-3H3,(H,20,21)(H3,18,19,22). The molecule has 122 valence electrons. The van der Waals surface area contributed by atoms with Crippen LogP contribution in [0.1, 0.15) is 43.1 Å². The van der Waals surface area contributed by atoms with E-state index in [1.54, 1.807) is 24.3 Å². The molecule has 6 N–H and O–H groups in total. The molecule has 0 fully saturated rings. The van der Waals surface area contributed by atoms with Gasteiger partial charge in [-0.05, 0) is 37.0 Å². The highest BCUT2D eigenvalue weighted by Gasteiger charge is 2.26. The number of rotatable bonds is 7. The fraction of sp³-hybridized carbons (Fsp3) is 0.500. The van der Waals surface area contributed by atoms with Crippen molar-refractivity contribution in [2.75, 3.05) is 6.54 Å². The molecule has 1 aromatic carbocycles. The van der Waals surface area contributed by atoms with Crippen LogP contribution in [0.3, 0.4) is 0 Å². The van der Waals surface area contributed by atoms with Crippen LogP contribution in [0.4, 0.5) is 4.79 Å². The molecule has 0 aliphatic rings. The minimum Gasteiger partial charge on any atom is -0.352 e. The van der Waals surface area contributed by atoms with Crippen LogP contribution in [0.5, 0.6) is 0 Å². The molecule has 0 aliphatic heterocycles. The van der Waals surface area contributed by atoms with E-state index in [0.29, 0.717) is 24.6 Å². The Morgan fingerprint density at radius 3 is 2.27 bits per heavy atom. The number of carbonyl (C=O) groups excluding carboxylic acids is 2. The van der Waals surface area contributed by atoms with Crippen LogP contribution in [0.2, 0.25) is 0 Å². The van der Waals surface area contributed by atoms with Crippen LogP contribution in [0.15, 0.2) is 24.3 Å². The Labute approximate surface area is 131 Å². The van der Waals surface area contributed by atoms with Crippen molar-refractivity contribution in [3.8, 4) is 0 Å². The van der Waals surface area contributed by atoms with Gasteiger partial charge in [-0.2, -0.15) is 0 Å². The molecule has 0 saturated carbocycles. The van der Waals surface area contributed by atoms with Crippen molar-refractivity contribution in [3.05, 3.63) is 35.4 Å². The second kappa shape index (κ2) is 7.79. The van der Waals surface area contributed by atoms with Crippen molar-refractivity contribution in [3.63, 3.8) is 0 Å². The number of amides is 3. The summed E-state index contributed by atoms with van der Waals surface area (Å²) in [5.74, 6) is 0.291. The molecule has 0 radical (unpaired) electrons. The van der Waals surface area contributed by atoms with Gasteiger partial charge in [-0.3, -0.25) is 4.79 Å². The SMILES string of the molecule is CC(C)CC(C)(CN)NC(=O)c1ccc(CNC(N)=O)cc1. The minimum absolute atomic E-state index is 0.150. The van der Waals surface area contributed by atoms with Crippen LogP contribution in [0.25, 0.3) is 0 Å². The van der Waals surface area contributed by atoms with E-state index < -0.39 is 11.6 Å². The molecule has 0 aliphatic carbocycles. The van der Waals surface area contributed by atoms with Gasteiger partial charge in [0.15, 0.2) is 0 Å². The first-order valence-corrected chi connectivity index (χ1v) is 7.40. The number of hydrogen-bond acceptors (Lipinski definition) is 3. The zero-order valence-electron chi connectivity index (χ0n) is 13.5. The molecule has 6 heteroatoms. The number of carbonyl (C=O) groups is 2. The van der Waals surface area contributed by atoms with Gasteiger partial charge in [0.2, 0.25) is 0 Å². The van der Waals surface area contributed by atoms with E-state index in [9.17, 15) is 9.59 Å². The molecule has 1 unspecified atom stereocenters. The maximum Gasteiger partial charge on any atom is 0.312 e. The van der Waals surface area contributed by atoms with E-state index >= 15 is 0 Å². The monoisotopic (exact) mass is 306 g/mol. The Bertz CT molecular complexity index is 513. The van der Waals surface area contributed by atoms with Crippen molar-refractivity contribution < 1.29 is 9.59 Å². The molecule has 1 aromatic rings. The van der Waals surface area contributed by atoms with Gasteiger partial charge >= 0.3 is 6.03 Å². The average Bonchev–Trinajstić information content (AvgIpc) is 2.44. The van der Waals surface area contributed by atoms with Crippen molar-refractivity contribution >= 4 is 11.9 Å². The smallest absolute Gasteiger partial charge is 0.312 e. The van der Waals surface area contributed by atoms with Gasteiger partial charge < -0.3 is 22.1 Å². The van der Waals surface area contributed by atoms with Gasteiger partial charge in [0, 0.05) is 24.2 Å².